The number of nitrogens with two attached hydrogens (primary N) is 1. The van der Waals surface area contributed by atoms with Gasteiger partial charge in [-0.15, -0.1) is 0 Å². The van der Waals surface area contributed by atoms with Crippen LogP contribution in [-0.2, 0) is 23.7 Å². The highest BCUT2D eigenvalue weighted by Crippen LogP contribution is 2.42. The van der Waals surface area contributed by atoms with Crippen molar-refractivity contribution in [1.82, 2.24) is 9.55 Å². The molecule has 1 aromatic heterocycles. The van der Waals surface area contributed by atoms with Crippen LogP contribution >= 0.6 is 0 Å². The molecule has 9 heteroatoms. The lowest BCUT2D eigenvalue weighted by atomic mass is 10.1. The minimum atomic E-state index is -0.831. The van der Waals surface area contributed by atoms with Gasteiger partial charge in [0.05, 0.1) is 5.92 Å². The van der Waals surface area contributed by atoms with Crippen molar-refractivity contribution < 1.29 is 23.7 Å². The van der Waals surface area contributed by atoms with Crippen LogP contribution in [0.15, 0.2) is 17.1 Å². The van der Waals surface area contributed by atoms with E-state index in [1.54, 1.807) is 27.7 Å². The standard InChI is InChI=1S/C16H23N3O6/c1-8(2)14(20)22-7-9-11-12(25-16(3,4)24-11)13(23-9)19-6-5-10(17)18-15(19)21/h5-6,8-9,11-13H,7H2,1-4H3,(H2,17,18,21)/t9-,11-,12-,13-/m1/s1. The third-order valence-electron chi connectivity index (χ3n) is 4.11. The zero-order valence-corrected chi connectivity index (χ0v) is 14.7. The highest BCUT2D eigenvalue weighted by atomic mass is 16.8. The minimum absolute atomic E-state index is 0.0191. The number of ether oxygens (including phenoxy) is 4. The maximum Gasteiger partial charge on any atom is 0.351 e. The van der Waals surface area contributed by atoms with Crippen LogP contribution in [-0.4, -0.2) is 46.2 Å². The molecule has 2 fully saturated rings. The molecule has 3 heterocycles. The molecule has 2 N–H and O–H groups in total. The number of aromatic nitrogens is 2. The smallest absolute Gasteiger partial charge is 0.351 e. The molecule has 1 aromatic rings. The molecule has 25 heavy (non-hydrogen) atoms. The van der Waals surface area contributed by atoms with E-state index in [2.05, 4.69) is 4.98 Å². The Kier molecular flexibility index (Phi) is 4.56. The van der Waals surface area contributed by atoms with Gasteiger partial charge in [-0.25, -0.2) is 4.79 Å². The second-order valence-corrected chi connectivity index (χ2v) is 6.96. The van der Waals surface area contributed by atoms with E-state index in [0.29, 0.717) is 0 Å². The van der Waals surface area contributed by atoms with E-state index in [4.69, 9.17) is 24.7 Å². The zero-order chi connectivity index (χ0) is 18.4. The molecule has 0 bridgehead atoms. The first kappa shape index (κ1) is 17.8. The summed E-state index contributed by atoms with van der Waals surface area (Å²) in [6.07, 6.45) is -0.784. The minimum Gasteiger partial charge on any atom is -0.463 e. The molecule has 9 nitrogen and oxygen atoms in total. The largest absolute Gasteiger partial charge is 0.463 e. The Morgan fingerprint density at radius 3 is 2.72 bits per heavy atom. The Morgan fingerprint density at radius 1 is 1.40 bits per heavy atom. The van der Waals surface area contributed by atoms with Crippen LogP contribution in [0.5, 0.6) is 0 Å². The fraction of sp³-hybridized carbons (Fsp3) is 0.688. The summed E-state index contributed by atoms with van der Waals surface area (Å²) in [6, 6.07) is 1.51. The number of nitrogen functional groups attached to an aromatic ring is 1. The highest BCUT2D eigenvalue weighted by Gasteiger charge is 2.56. The van der Waals surface area contributed by atoms with Crippen LogP contribution in [0, 0.1) is 5.92 Å². The molecule has 0 spiro atoms. The van der Waals surface area contributed by atoms with E-state index in [1.807, 2.05) is 0 Å². The molecule has 0 aliphatic carbocycles. The second-order valence-electron chi connectivity index (χ2n) is 6.96. The van der Waals surface area contributed by atoms with E-state index < -0.39 is 36.0 Å². The Hall–Kier alpha value is -1.97. The number of rotatable bonds is 4. The van der Waals surface area contributed by atoms with Crippen LogP contribution in [0.25, 0.3) is 0 Å². The molecule has 2 aliphatic heterocycles. The summed E-state index contributed by atoms with van der Waals surface area (Å²) < 4.78 is 24.3. The summed E-state index contributed by atoms with van der Waals surface area (Å²) in [6.45, 7) is 7.08. The van der Waals surface area contributed by atoms with Crippen molar-refractivity contribution in [2.75, 3.05) is 12.3 Å². The molecule has 2 saturated heterocycles. The summed E-state index contributed by atoms with van der Waals surface area (Å²) >= 11 is 0. The first-order chi connectivity index (χ1) is 11.7. The molecule has 4 atom stereocenters. The Bertz CT molecular complexity index is 716. The maximum atomic E-state index is 12.1. The summed E-state index contributed by atoms with van der Waals surface area (Å²) in [4.78, 5) is 27.6. The molecule has 0 aromatic carbocycles. The molecule has 0 radical (unpaired) electrons. The monoisotopic (exact) mass is 353 g/mol. The third kappa shape index (κ3) is 3.53. The van der Waals surface area contributed by atoms with Crippen molar-refractivity contribution in [1.29, 1.82) is 0 Å². The maximum absolute atomic E-state index is 12.1. The number of hydrogen-bond donors (Lipinski definition) is 1. The molecule has 0 unspecified atom stereocenters. The van der Waals surface area contributed by atoms with Crippen LogP contribution < -0.4 is 11.4 Å². The van der Waals surface area contributed by atoms with Crippen molar-refractivity contribution in [2.45, 2.75) is 58.0 Å². The van der Waals surface area contributed by atoms with Gasteiger partial charge < -0.3 is 24.7 Å². The van der Waals surface area contributed by atoms with Crippen LogP contribution in [0.3, 0.4) is 0 Å². The van der Waals surface area contributed by atoms with Crippen LogP contribution in [0.4, 0.5) is 5.82 Å². The highest BCUT2D eigenvalue weighted by molar-refractivity contribution is 5.71. The summed E-state index contributed by atoms with van der Waals surface area (Å²) in [5.74, 6) is -1.27. The Morgan fingerprint density at radius 2 is 2.08 bits per heavy atom. The van der Waals surface area contributed by atoms with E-state index in [1.165, 1.54) is 16.8 Å². The van der Waals surface area contributed by atoms with Gasteiger partial charge >= 0.3 is 11.7 Å². The van der Waals surface area contributed by atoms with Gasteiger partial charge in [-0.3, -0.25) is 9.36 Å². The fourth-order valence-electron chi connectivity index (χ4n) is 2.97. The van der Waals surface area contributed by atoms with Crippen molar-refractivity contribution in [3.8, 4) is 0 Å². The van der Waals surface area contributed by atoms with Crippen molar-refractivity contribution in [3.63, 3.8) is 0 Å². The topological polar surface area (TPSA) is 115 Å². The number of carbonyl (C=O) groups is 1. The van der Waals surface area contributed by atoms with E-state index >= 15 is 0 Å². The van der Waals surface area contributed by atoms with Gasteiger partial charge in [-0.1, -0.05) is 13.8 Å². The third-order valence-corrected chi connectivity index (χ3v) is 4.11. The normalized spacial score (nSPS) is 30.4. The quantitative estimate of drug-likeness (QED) is 0.776. The van der Waals surface area contributed by atoms with Gasteiger partial charge in [0, 0.05) is 6.20 Å². The molecule has 0 amide bonds. The average Bonchev–Trinajstić information content (AvgIpc) is 2.98. The van der Waals surface area contributed by atoms with E-state index in [-0.39, 0.29) is 24.3 Å². The van der Waals surface area contributed by atoms with Gasteiger partial charge in [0.15, 0.2) is 12.0 Å². The lowest BCUT2D eigenvalue weighted by Gasteiger charge is -2.24. The molecular formula is C16H23N3O6. The molecule has 2 aliphatic rings. The van der Waals surface area contributed by atoms with Crippen LogP contribution in [0.2, 0.25) is 0 Å². The SMILES string of the molecule is CC(C)C(=O)OC[C@H]1O[C@@H](n2ccc(N)nc2=O)[C@@H]2OC(C)(C)O[C@@H]21. The number of fused-ring (bicyclic) bond motifs is 1. The summed E-state index contributed by atoms with van der Waals surface area (Å²) in [5.41, 5.74) is 4.99. The van der Waals surface area contributed by atoms with Gasteiger partial charge in [0.2, 0.25) is 0 Å². The van der Waals surface area contributed by atoms with Crippen molar-refractivity contribution in [3.05, 3.63) is 22.7 Å². The fourth-order valence-corrected chi connectivity index (χ4v) is 2.97. The lowest BCUT2D eigenvalue weighted by Crippen LogP contribution is -2.35. The van der Waals surface area contributed by atoms with Gasteiger partial charge in [0.25, 0.3) is 0 Å². The number of anilines is 1. The first-order valence-corrected chi connectivity index (χ1v) is 8.20. The molecule has 0 saturated carbocycles. The molecule has 138 valence electrons. The summed E-state index contributed by atoms with van der Waals surface area (Å²) in [5, 5.41) is 0. The zero-order valence-electron chi connectivity index (χ0n) is 14.7. The van der Waals surface area contributed by atoms with Crippen molar-refractivity contribution in [2.24, 2.45) is 5.92 Å². The van der Waals surface area contributed by atoms with Crippen molar-refractivity contribution >= 4 is 11.8 Å². The predicted octanol–water partition coefficient (Wildman–Crippen LogP) is 0.442. The van der Waals surface area contributed by atoms with Crippen LogP contribution in [0.1, 0.15) is 33.9 Å². The average molecular weight is 353 g/mol. The Labute approximate surface area is 145 Å². The first-order valence-electron chi connectivity index (χ1n) is 8.20. The van der Waals surface area contributed by atoms with E-state index in [9.17, 15) is 9.59 Å². The molecule has 3 rings (SSSR count). The lowest BCUT2D eigenvalue weighted by molar-refractivity contribution is -0.203. The number of hydrogen-bond acceptors (Lipinski definition) is 8. The Balaban J connectivity index is 1.83. The summed E-state index contributed by atoms with van der Waals surface area (Å²) in [7, 11) is 0. The molecular weight excluding hydrogens is 330 g/mol. The number of esters is 1. The predicted molar refractivity (Wildman–Crippen MR) is 86.4 cm³/mol. The van der Waals surface area contributed by atoms with Gasteiger partial charge in [-0.05, 0) is 19.9 Å². The van der Waals surface area contributed by atoms with Gasteiger partial charge in [0.1, 0.15) is 30.7 Å². The van der Waals surface area contributed by atoms with E-state index in [0.717, 1.165) is 0 Å². The number of carbonyl (C=O) groups excluding carboxylic acids is 1. The van der Waals surface area contributed by atoms with Gasteiger partial charge in [-0.2, -0.15) is 4.98 Å². The second kappa shape index (κ2) is 6.40. The number of nitrogens with zero attached hydrogens (tertiary/aromatic N) is 2.